The van der Waals surface area contributed by atoms with Gasteiger partial charge in [-0.05, 0) is 20.4 Å². The first-order chi connectivity index (χ1) is 7.23. The second-order valence-corrected chi connectivity index (χ2v) is 3.80. The van der Waals surface area contributed by atoms with Crippen LogP contribution in [-0.4, -0.2) is 41.3 Å². The standard InChI is InChI=1S/C9H18F3N3O/c1-4-15(6(2)3)5-7(8(13)14-16)9(10,11)12/h6-7,16H,4-5H2,1-3H3,(H2,13,14). The highest BCUT2D eigenvalue weighted by molar-refractivity contribution is 5.83. The van der Waals surface area contributed by atoms with Gasteiger partial charge in [0.2, 0.25) is 0 Å². The van der Waals surface area contributed by atoms with Gasteiger partial charge < -0.3 is 15.8 Å². The van der Waals surface area contributed by atoms with Gasteiger partial charge in [0, 0.05) is 12.6 Å². The summed E-state index contributed by atoms with van der Waals surface area (Å²) in [7, 11) is 0. The number of hydrogen-bond acceptors (Lipinski definition) is 3. The van der Waals surface area contributed by atoms with Crippen molar-refractivity contribution in [2.45, 2.75) is 33.0 Å². The van der Waals surface area contributed by atoms with Crippen molar-refractivity contribution in [1.82, 2.24) is 4.90 Å². The number of nitrogens with zero attached hydrogens (tertiary/aromatic N) is 2. The van der Waals surface area contributed by atoms with E-state index in [9.17, 15) is 13.2 Å². The van der Waals surface area contributed by atoms with Gasteiger partial charge in [0.15, 0.2) is 5.84 Å². The first-order valence-corrected chi connectivity index (χ1v) is 5.02. The molecule has 1 atom stereocenters. The molecule has 0 aliphatic heterocycles. The Morgan fingerprint density at radius 1 is 1.44 bits per heavy atom. The number of alkyl halides is 3. The zero-order chi connectivity index (χ0) is 12.9. The predicted octanol–water partition coefficient (Wildman–Crippen LogP) is 1.64. The zero-order valence-electron chi connectivity index (χ0n) is 9.62. The minimum atomic E-state index is -4.50. The van der Waals surface area contributed by atoms with E-state index in [4.69, 9.17) is 10.9 Å². The van der Waals surface area contributed by atoms with E-state index in [2.05, 4.69) is 5.16 Å². The first-order valence-electron chi connectivity index (χ1n) is 5.02. The van der Waals surface area contributed by atoms with Crippen LogP contribution >= 0.6 is 0 Å². The number of oxime groups is 1. The molecule has 0 aliphatic rings. The van der Waals surface area contributed by atoms with Crippen LogP contribution in [0.2, 0.25) is 0 Å². The van der Waals surface area contributed by atoms with Crippen molar-refractivity contribution >= 4 is 5.84 Å². The highest BCUT2D eigenvalue weighted by atomic mass is 19.4. The molecule has 0 saturated carbocycles. The third kappa shape index (κ3) is 4.26. The molecule has 0 aromatic carbocycles. The summed E-state index contributed by atoms with van der Waals surface area (Å²) in [5.41, 5.74) is 5.06. The van der Waals surface area contributed by atoms with Crippen LogP contribution in [0.1, 0.15) is 20.8 Å². The van der Waals surface area contributed by atoms with Gasteiger partial charge in [-0.3, -0.25) is 0 Å². The summed E-state index contributed by atoms with van der Waals surface area (Å²) in [4.78, 5) is 1.61. The molecule has 0 radical (unpaired) electrons. The molecule has 7 heteroatoms. The average molecular weight is 241 g/mol. The lowest BCUT2D eigenvalue weighted by Crippen LogP contribution is -2.46. The summed E-state index contributed by atoms with van der Waals surface area (Å²) in [5, 5.41) is 10.8. The fourth-order valence-electron chi connectivity index (χ4n) is 1.37. The SMILES string of the molecule is CCN(CC(C(N)=NO)C(F)(F)F)C(C)C. The first kappa shape index (κ1) is 15.0. The second-order valence-electron chi connectivity index (χ2n) is 3.80. The Morgan fingerprint density at radius 3 is 2.19 bits per heavy atom. The van der Waals surface area contributed by atoms with Crippen molar-refractivity contribution < 1.29 is 18.4 Å². The Morgan fingerprint density at radius 2 is 1.94 bits per heavy atom. The molecule has 1 unspecified atom stereocenters. The van der Waals surface area contributed by atoms with Crippen LogP contribution in [0.3, 0.4) is 0 Å². The fraction of sp³-hybridized carbons (Fsp3) is 0.889. The summed E-state index contributed by atoms with van der Waals surface area (Å²) in [6.45, 7) is 5.53. The third-order valence-corrected chi connectivity index (χ3v) is 2.42. The topological polar surface area (TPSA) is 61.8 Å². The molecule has 0 aliphatic carbocycles. The lowest BCUT2D eigenvalue weighted by molar-refractivity contribution is -0.161. The van der Waals surface area contributed by atoms with E-state index in [1.807, 2.05) is 0 Å². The highest BCUT2D eigenvalue weighted by Crippen LogP contribution is 2.27. The molecule has 0 spiro atoms. The van der Waals surface area contributed by atoms with Crippen LogP contribution in [0.4, 0.5) is 13.2 Å². The molecule has 0 saturated heterocycles. The van der Waals surface area contributed by atoms with E-state index in [-0.39, 0.29) is 12.6 Å². The molecule has 0 fully saturated rings. The van der Waals surface area contributed by atoms with E-state index in [1.54, 1.807) is 25.7 Å². The Hall–Kier alpha value is -0.980. The largest absolute Gasteiger partial charge is 0.409 e. The molecular formula is C9H18F3N3O. The average Bonchev–Trinajstić information content (AvgIpc) is 2.15. The van der Waals surface area contributed by atoms with Gasteiger partial charge in [-0.1, -0.05) is 12.1 Å². The zero-order valence-corrected chi connectivity index (χ0v) is 9.62. The van der Waals surface area contributed by atoms with Crippen molar-refractivity contribution in [2.24, 2.45) is 16.8 Å². The van der Waals surface area contributed by atoms with Gasteiger partial charge in [0.05, 0.1) is 0 Å². The molecule has 0 rings (SSSR count). The number of halogens is 3. The van der Waals surface area contributed by atoms with Crippen LogP contribution in [0.15, 0.2) is 5.16 Å². The third-order valence-electron chi connectivity index (χ3n) is 2.42. The van der Waals surface area contributed by atoms with Gasteiger partial charge >= 0.3 is 6.18 Å². The molecule has 0 bridgehead atoms. The molecule has 0 aromatic rings. The Kier molecular flexibility index (Phi) is 5.57. The number of nitrogens with two attached hydrogens (primary N) is 1. The fourth-order valence-corrected chi connectivity index (χ4v) is 1.37. The van der Waals surface area contributed by atoms with Crippen molar-refractivity contribution in [2.75, 3.05) is 13.1 Å². The van der Waals surface area contributed by atoms with Crippen molar-refractivity contribution in [1.29, 1.82) is 0 Å². The van der Waals surface area contributed by atoms with Crippen LogP contribution in [0.5, 0.6) is 0 Å². The molecule has 96 valence electrons. The molecule has 0 amide bonds. The van der Waals surface area contributed by atoms with Gasteiger partial charge in [-0.25, -0.2) is 0 Å². The van der Waals surface area contributed by atoms with E-state index in [0.717, 1.165) is 0 Å². The summed E-state index contributed by atoms with van der Waals surface area (Å²) in [6.07, 6.45) is -4.50. The minimum absolute atomic E-state index is 0.0265. The van der Waals surface area contributed by atoms with E-state index >= 15 is 0 Å². The van der Waals surface area contributed by atoms with E-state index in [1.165, 1.54) is 0 Å². The molecular weight excluding hydrogens is 223 g/mol. The van der Waals surface area contributed by atoms with Crippen LogP contribution in [0, 0.1) is 5.92 Å². The lowest BCUT2D eigenvalue weighted by atomic mass is 10.1. The van der Waals surface area contributed by atoms with Gasteiger partial charge in [-0.15, -0.1) is 0 Å². The molecule has 16 heavy (non-hydrogen) atoms. The molecule has 3 N–H and O–H groups in total. The van der Waals surface area contributed by atoms with E-state index in [0.29, 0.717) is 6.54 Å². The molecule has 4 nitrogen and oxygen atoms in total. The summed E-state index contributed by atoms with van der Waals surface area (Å²) in [5.74, 6) is -2.73. The van der Waals surface area contributed by atoms with Gasteiger partial charge in [0.1, 0.15) is 5.92 Å². The van der Waals surface area contributed by atoms with Crippen molar-refractivity contribution in [3.05, 3.63) is 0 Å². The summed E-state index contributed by atoms with van der Waals surface area (Å²) < 4.78 is 37.9. The smallest absolute Gasteiger partial charge is 0.400 e. The predicted molar refractivity (Wildman–Crippen MR) is 55.3 cm³/mol. The van der Waals surface area contributed by atoms with Crippen LogP contribution in [-0.2, 0) is 0 Å². The number of hydrogen-bond donors (Lipinski definition) is 2. The van der Waals surface area contributed by atoms with E-state index < -0.39 is 17.9 Å². The monoisotopic (exact) mass is 241 g/mol. The minimum Gasteiger partial charge on any atom is -0.409 e. The molecule has 0 heterocycles. The highest BCUT2D eigenvalue weighted by Gasteiger charge is 2.43. The maximum Gasteiger partial charge on any atom is 0.400 e. The molecule has 0 aromatic heterocycles. The maximum atomic E-state index is 12.6. The van der Waals surface area contributed by atoms with Crippen molar-refractivity contribution in [3.8, 4) is 0 Å². The Bertz CT molecular complexity index is 241. The maximum absolute atomic E-state index is 12.6. The quantitative estimate of drug-likeness (QED) is 0.333. The van der Waals surface area contributed by atoms with Crippen LogP contribution < -0.4 is 5.73 Å². The summed E-state index contributed by atoms with van der Waals surface area (Å²) in [6, 6.07) is -0.0265. The lowest BCUT2D eigenvalue weighted by Gasteiger charge is -2.29. The van der Waals surface area contributed by atoms with Gasteiger partial charge in [-0.2, -0.15) is 13.2 Å². The second kappa shape index (κ2) is 5.93. The Labute approximate surface area is 92.9 Å². The normalized spacial score (nSPS) is 15.9. The summed E-state index contributed by atoms with van der Waals surface area (Å²) >= 11 is 0. The number of rotatable bonds is 5. The Balaban J connectivity index is 4.81. The number of amidine groups is 1. The van der Waals surface area contributed by atoms with Gasteiger partial charge in [0.25, 0.3) is 0 Å². The van der Waals surface area contributed by atoms with Crippen LogP contribution in [0.25, 0.3) is 0 Å². The van der Waals surface area contributed by atoms with Crippen molar-refractivity contribution in [3.63, 3.8) is 0 Å².